The molecule has 0 saturated carbocycles. The molecule has 62 valence electrons. The number of anilines is 1. The van der Waals surface area contributed by atoms with Crippen LogP contribution in [0.15, 0.2) is 24.8 Å². The third-order valence-corrected chi connectivity index (χ3v) is 2.30. The molecule has 1 heteroatoms. The molecule has 0 saturated heterocycles. The third-order valence-electron chi connectivity index (χ3n) is 2.30. The molecular weight excluding hydrogens is 146 g/mol. The van der Waals surface area contributed by atoms with E-state index in [1.807, 2.05) is 6.08 Å². The second kappa shape index (κ2) is 2.67. The maximum atomic E-state index is 3.75. The Morgan fingerprint density at radius 2 is 2.42 bits per heavy atom. The first-order valence-electron chi connectivity index (χ1n) is 4.31. The van der Waals surface area contributed by atoms with Crippen molar-refractivity contribution in [2.24, 2.45) is 0 Å². The molecule has 12 heavy (non-hydrogen) atoms. The summed E-state index contributed by atoms with van der Waals surface area (Å²) in [6.07, 6.45) is 3.03. The van der Waals surface area contributed by atoms with E-state index in [-0.39, 0.29) is 0 Å². The maximum Gasteiger partial charge on any atom is 0.0381 e. The molecule has 1 aliphatic rings. The largest absolute Gasteiger partial charge is 0.382 e. The predicted molar refractivity (Wildman–Crippen MR) is 53.3 cm³/mol. The maximum absolute atomic E-state index is 3.75. The van der Waals surface area contributed by atoms with Crippen LogP contribution in [0.25, 0.3) is 6.08 Å². The Balaban J connectivity index is 2.41. The van der Waals surface area contributed by atoms with Crippen molar-refractivity contribution in [3.8, 4) is 0 Å². The summed E-state index contributed by atoms with van der Waals surface area (Å²) < 4.78 is 0. The van der Waals surface area contributed by atoms with Crippen LogP contribution in [-0.4, -0.2) is 6.04 Å². The van der Waals surface area contributed by atoms with E-state index in [0.29, 0.717) is 6.04 Å². The molecule has 0 radical (unpaired) electrons. The molecule has 1 nitrogen and oxygen atoms in total. The highest BCUT2D eigenvalue weighted by Gasteiger charge is 2.15. The van der Waals surface area contributed by atoms with Crippen LogP contribution in [0.1, 0.15) is 18.1 Å². The zero-order valence-electron chi connectivity index (χ0n) is 7.30. The Kier molecular flexibility index (Phi) is 1.65. The van der Waals surface area contributed by atoms with Gasteiger partial charge in [0.1, 0.15) is 0 Å². The zero-order chi connectivity index (χ0) is 8.55. The Morgan fingerprint density at radius 1 is 1.58 bits per heavy atom. The minimum Gasteiger partial charge on any atom is -0.382 e. The summed E-state index contributed by atoms with van der Waals surface area (Å²) >= 11 is 0. The summed E-state index contributed by atoms with van der Waals surface area (Å²) in [5.74, 6) is 0. The molecule has 1 heterocycles. The van der Waals surface area contributed by atoms with Crippen LogP contribution in [0.4, 0.5) is 5.69 Å². The Bertz CT molecular complexity index is 315. The fourth-order valence-electron chi connectivity index (χ4n) is 1.68. The molecule has 1 N–H and O–H groups in total. The lowest BCUT2D eigenvalue weighted by Gasteiger charge is -2.02. The standard InChI is InChI=1S/C11H13N/c1-3-9-4-5-10-6-8(2)12-11(10)7-9/h3-5,7-8,12H,1,6H2,2H3. The summed E-state index contributed by atoms with van der Waals surface area (Å²) in [7, 11) is 0. The van der Waals surface area contributed by atoms with Gasteiger partial charge in [-0.05, 0) is 30.5 Å². The van der Waals surface area contributed by atoms with Gasteiger partial charge in [-0.25, -0.2) is 0 Å². The molecule has 0 spiro atoms. The van der Waals surface area contributed by atoms with E-state index in [1.54, 1.807) is 0 Å². The first-order valence-corrected chi connectivity index (χ1v) is 4.31. The fraction of sp³-hybridized carbons (Fsp3) is 0.273. The van der Waals surface area contributed by atoms with Gasteiger partial charge in [-0.3, -0.25) is 0 Å². The van der Waals surface area contributed by atoms with E-state index in [4.69, 9.17) is 0 Å². The minimum absolute atomic E-state index is 0.583. The summed E-state index contributed by atoms with van der Waals surface area (Å²) in [5.41, 5.74) is 3.89. The third kappa shape index (κ3) is 1.11. The first-order chi connectivity index (χ1) is 5.79. The van der Waals surface area contributed by atoms with Gasteiger partial charge in [0, 0.05) is 11.7 Å². The van der Waals surface area contributed by atoms with Gasteiger partial charge in [-0.2, -0.15) is 0 Å². The van der Waals surface area contributed by atoms with Crippen LogP contribution in [0, 0.1) is 0 Å². The van der Waals surface area contributed by atoms with Crippen molar-refractivity contribution in [3.05, 3.63) is 35.9 Å². The normalized spacial score (nSPS) is 19.9. The van der Waals surface area contributed by atoms with Crippen LogP contribution < -0.4 is 5.32 Å². The first kappa shape index (κ1) is 7.41. The van der Waals surface area contributed by atoms with Crippen molar-refractivity contribution in [3.63, 3.8) is 0 Å². The quantitative estimate of drug-likeness (QED) is 0.664. The second-order valence-electron chi connectivity index (χ2n) is 3.37. The number of rotatable bonds is 1. The average Bonchev–Trinajstić information content (AvgIpc) is 2.43. The average molecular weight is 159 g/mol. The summed E-state index contributed by atoms with van der Waals surface area (Å²) in [4.78, 5) is 0. The molecule has 0 aliphatic carbocycles. The van der Waals surface area contributed by atoms with E-state index >= 15 is 0 Å². The van der Waals surface area contributed by atoms with E-state index in [9.17, 15) is 0 Å². The van der Waals surface area contributed by atoms with Crippen LogP contribution in [0.3, 0.4) is 0 Å². The number of benzene rings is 1. The smallest absolute Gasteiger partial charge is 0.0381 e. The van der Waals surface area contributed by atoms with Gasteiger partial charge >= 0.3 is 0 Å². The Labute approximate surface area is 73.1 Å². The van der Waals surface area contributed by atoms with Crippen molar-refractivity contribution in [1.82, 2.24) is 0 Å². The van der Waals surface area contributed by atoms with Crippen molar-refractivity contribution < 1.29 is 0 Å². The lowest BCUT2D eigenvalue weighted by atomic mass is 10.1. The summed E-state index contributed by atoms with van der Waals surface area (Å²) in [6, 6.07) is 7.04. The lowest BCUT2D eigenvalue weighted by molar-refractivity contribution is 0.839. The second-order valence-corrected chi connectivity index (χ2v) is 3.37. The van der Waals surface area contributed by atoms with Crippen LogP contribution >= 0.6 is 0 Å². The summed E-state index contributed by atoms with van der Waals surface area (Å²) in [5, 5.41) is 3.42. The molecule has 1 aromatic rings. The Hall–Kier alpha value is -1.24. The van der Waals surface area contributed by atoms with E-state index in [2.05, 4.69) is 37.0 Å². The van der Waals surface area contributed by atoms with E-state index < -0.39 is 0 Å². The minimum atomic E-state index is 0.583. The van der Waals surface area contributed by atoms with E-state index in [0.717, 1.165) is 6.42 Å². The molecule has 1 atom stereocenters. The van der Waals surface area contributed by atoms with Crippen molar-refractivity contribution >= 4 is 11.8 Å². The SMILES string of the molecule is C=Cc1ccc2c(c1)NC(C)C2. The molecule has 1 aliphatic heterocycles. The topological polar surface area (TPSA) is 12.0 Å². The number of hydrogen-bond acceptors (Lipinski definition) is 1. The van der Waals surface area contributed by atoms with Gasteiger partial charge in [-0.15, -0.1) is 0 Å². The summed E-state index contributed by atoms with van der Waals surface area (Å²) in [6.45, 7) is 5.95. The molecule has 2 rings (SSSR count). The van der Waals surface area contributed by atoms with Crippen LogP contribution in [-0.2, 0) is 6.42 Å². The predicted octanol–water partition coefficient (Wildman–Crippen LogP) is 2.69. The highest BCUT2D eigenvalue weighted by Crippen LogP contribution is 2.26. The van der Waals surface area contributed by atoms with Crippen LogP contribution in [0.2, 0.25) is 0 Å². The van der Waals surface area contributed by atoms with Crippen molar-refractivity contribution in [2.45, 2.75) is 19.4 Å². The van der Waals surface area contributed by atoms with Gasteiger partial charge in [0.2, 0.25) is 0 Å². The molecular formula is C11H13N. The van der Waals surface area contributed by atoms with Crippen molar-refractivity contribution in [2.75, 3.05) is 5.32 Å². The lowest BCUT2D eigenvalue weighted by Crippen LogP contribution is -2.08. The molecule has 1 unspecified atom stereocenters. The number of hydrogen-bond donors (Lipinski definition) is 1. The number of fused-ring (bicyclic) bond motifs is 1. The highest BCUT2D eigenvalue weighted by molar-refractivity contribution is 5.63. The fourth-order valence-corrected chi connectivity index (χ4v) is 1.68. The van der Waals surface area contributed by atoms with E-state index in [1.165, 1.54) is 16.8 Å². The molecule has 1 aromatic carbocycles. The van der Waals surface area contributed by atoms with Crippen LogP contribution in [0.5, 0.6) is 0 Å². The number of nitrogens with one attached hydrogen (secondary N) is 1. The van der Waals surface area contributed by atoms with Gasteiger partial charge in [-0.1, -0.05) is 24.8 Å². The van der Waals surface area contributed by atoms with Gasteiger partial charge < -0.3 is 5.32 Å². The monoisotopic (exact) mass is 159 g/mol. The highest BCUT2D eigenvalue weighted by atomic mass is 14.9. The van der Waals surface area contributed by atoms with Gasteiger partial charge in [0.05, 0.1) is 0 Å². The molecule has 0 bridgehead atoms. The van der Waals surface area contributed by atoms with Gasteiger partial charge in [0.15, 0.2) is 0 Å². The molecule has 0 aromatic heterocycles. The molecule has 0 fully saturated rings. The Morgan fingerprint density at radius 3 is 3.17 bits per heavy atom. The molecule has 0 amide bonds. The zero-order valence-corrected chi connectivity index (χ0v) is 7.30. The van der Waals surface area contributed by atoms with Crippen molar-refractivity contribution in [1.29, 1.82) is 0 Å². The van der Waals surface area contributed by atoms with Gasteiger partial charge in [0.25, 0.3) is 0 Å².